The van der Waals surface area contributed by atoms with Crippen molar-refractivity contribution < 1.29 is 14.6 Å². The number of benzene rings is 1. The number of ether oxygens (including phenoxy) is 1. The SMILES string of the molecule is O=C(Nc1ccc(CO)cc1)N1CCOCC1. The number of carbonyl (C=O) groups is 1. The van der Waals surface area contributed by atoms with E-state index >= 15 is 0 Å². The first-order valence-corrected chi connectivity index (χ1v) is 5.63. The zero-order valence-corrected chi connectivity index (χ0v) is 9.56. The van der Waals surface area contributed by atoms with Gasteiger partial charge in [0.05, 0.1) is 19.8 Å². The van der Waals surface area contributed by atoms with Gasteiger partial charge in [-0.25, -0.2) is 4.79 Å². The van der Waals surface area contributed by atoms with Crippen LogP contribution in [0.3, 0.4) is 0 Å². The first kappa shape index (κ1) is 11.9. The van der Waals surface area contributed by atoms with Crippen LogP contribution in [0.15, 0.2) is 24.3 Å². The lowest BCUT2D eigenvalue weighted by Crippen LogP contribution is -2.43. The molecule has 1 aliphatic rings. The summed E-state index contributed by atoms with van der Waals surface area (Å²) in [5, 5.41) is 11.7. The molecular weight excluding hydrogens is 220 g/mol. The normalized spacial score (nSPS) is 15.7. The fourth-order valence-corrected chi connectivity index (χ4v) is 1.66. The summed E-state index contributed by atoms with van der Waals surface area (Å²) < 4.78 is 5.18. The molecule has 2 rings (SSSR count). The average Bonchev–Trinajstić information content (AvgIpc) is 2.40. The lowest BCUT2D eigenvalue weighted by molar-refractivity contribution is 0.0564. The maximum absolute atomic E-state index is 11.8. The third-order valence-electron chi connectivity index (χ3n) is 2.69. The minimum absolute atomic E-state index is 0.0116. The van der Waals surface area contributed by atoms with Crippen molar-refractivity contribution in [1.29, 1.82) is 0 Å². The number of urea groups is 1. The number of hydrogen-bond donors (Lipinski definition) is 2. The van der Waals surface area contributed by atoms with Gasteiger partial charge >= 0.3 is 6.03 Å². The van der Waals surface area contributed by atoms with E-state index in [0.717, 1.165) is 11.3 Å². The highest BCUT2D eigenvalue weighted by Gasteiger charge is 2.16. The lowest BCUT2D eigenvalue weighted by Gasteiger charge is -2.26. The molecule has 1 saturated heterocycles. The topological polar surface area (TPSA) is 61.8 Å². The van der Waals surface area contributed by atoms with Crippen LogP contribution in [0, 0.1) is 0 Å². The van der Waals surface area contributed by atoms with Crippen LogP contribution in [0.5, 0.6) is 0 Å². The minimum atomic E-state index is -0.106. The fourth-order valence-electron chi connectivity index (χ4n) is 1.66. The van der Waals surface area contributed by atoms with E-state index in [1.807, 2.05) is 0 Å². The van der Waals surface area contributed by atoms with Crippen LogP contribution in [0.25, 0.3) is 0 Å². The van der Waals surface area contributed by atoms with Crippen molar-refractivity contribution in [2.75, 3.05) is 31.6 Å². The first-order chi connectivity index (χ1) is 8.29. The van der Waals surface area contributed by atoms with Crippen molar-refractivity contribution in [2.24, 2.45) is 0 Å². The number of aliphatic hydroxyl groups is 1. The van der Waals surface area contributed by atoms with Crippen LogP contribution in [0.2, 0.25) is 0 Å². The molecule has 92 valence electrons. The molecule has 0 atom stereocenters. The smallest absolute Gasteiger partial charge is 0.321 e. The Morgan fingerprint density at radius 2 is 1.94 bits per heavy atom. The molecule has 2 amide bonds. The number of carbonyl (C=O) groups excluding carboxylic acids is 1. The third-order valence-corrected chi connectivity index (χ3v) is 2.69. The van der Waals surface area contributed by atoms with Crippen molar-refractivity contribution in [3.05, 3.63) is 29.8 Å². The number of hydrogen-bond acceptors (Lipinski definition) is 3. The average molecular weight is 236 g/mol. The molecule has 1 aliphatic heterocycles. The Kier molecular flexibility index (Phi) is 3.95. The van der Waals surface area contributed by atoms with Crippen molar-refractivity contribution in [3.63, 3.8) is 0 Å². The molecule has 2 N–H and O–H groups in total. The predicted molar refractivity (Wildman–Crippen MR) is 63.8 cm³/mol. The molecule has 0 aromatic heterocycles. The Balaban J connectivity index is 1.92. The van der Waals surface area contributed by atoms with Crippen LogP contribution >= 0.6 is 0 Å². The summed E-state index contributed by atoms with van der Waals surface area (Å²) in [4.78, 5) is 13.6. The Labute approximate surface area is 100.0 Å². The number of anilines is 1. The van der Waals surface area contributed by atoms with Crippen LogP contribution in [0.4, 0.5) is 10.5 Å². The Hall–Kier alpha value is -1.59. The molecule has 5 heteroatoms. The highest BCUT2D eigenvalue weighted by atomic mass is 16.5. The number of nitrogens with one attached hydrogen (secondary N) is 1. The second-order valence-corrected chi connectivity index (χ2v) is 3.88. The van der Waals surface area contributed by atoms with E-state index in [4.69, 9.17) is 9.84 Å². The minimum Gasteiger partial charge on any atom is -0.392 e. The number of aliphatic hydroxyl groups excluding tert-OH is 1. The molecule has 1 fully saturated rings. The standard InChI is InChI=1S/C12H16N2O3/c15-9-10-1-3-11(4-2-10)13-12(16)14-5-7-17-8-6-14/h1-4,15H,5-9H2,(H,13,16). The van der Waals surface area contributed by atoms with E-state index in [9.17, 15) is 4.79 Å². The summed E-state index contributed by atoms with van der Waals surface area (Å²) in [5.74, 6) is 0. The Morgan fingerprint density at radius 3 is 2.53 bits per heavy atom. The highest BCUT2D eigenvalue weighted by Crippen LogP contribution is 2.10. The summed E-state index contributed by atoms with van der Waals surface area (Å²) in [6.07, 6.45) is 0. The molecule has 0 aliphatic carbocycles. The van der Waals surface area contributed by atoms with Crippen molar-refractivity contribution in [2.45, 2.75) is 6.61 Å². The summed E-state index contributed by atoms with van der Waals surface area (Å²) >= 11 is 0. The van der Waals surface area contributed by atoms with Crippen LogP contribution < -0.4 is 5.32 Å². The molecule has 0 bridgehead atoms. The van der Waals surface area contributed by atoms with Gasteiger partial charge in [0.1, 0.15) is 0 Å². The molecule has 0 spiro atoms. The molecule has 0 saturated carbocycles. The lowest BCUT2D eigenvalue weighted by atomic mass is 10.2. The molecule has 0 unspecified atom stereocenters. The molecule has 1 aromatic rings. The molecule has 5 nitrogen and oxygen atoms in total. The Bertz CT molecular complexity index is 372. The molecular formula is C12H16N2O3. The van der Waals surface area contributed by atoms with E-state index in [1.165, 1.54) is 0 Å². The zero-order valence-electron chi connectivity index (χ0n) is 9.56. The first-order valence-electron chi connectivity index (χ1n) is 5.63. The number of rotatable bonds is 2. The maximum Gasteiger partial charge on any atom is 0.321 e. The van der Waals surface area contributed by atoms with Gasteiger partial charge in [0.25, 0.3) is 0 Å². The second kappa shape index (κ2) is 5.65. The molecule has 17 heavy (non-hydrogen) atoms. The van der Waals surface area contributed by atoms with Gasteiger partial charge in [0.2, 0.25) is 0 Å². The largest absolute Gasteiger partial charge is 0.392 e. The number of nitrogens with zero attached hydrogens (tertiary/aromatic N) is 1. The van der Waals surface area contributed by atoms with Gasteiger partial charge in [-0.05, 0) is 17.7 Å². The summed E-state index contributed by atoms with van der Waals surface area (Å²) in [5.41, 5.74) is 1.56. The maximum atomic E-state index is 11.8. The van der Waals surface area contributed by atoms with Gasteiger partial charge in [-0.3, -0.25) is 0 Å². The summed E-state index contributed by atoms with van der Waals surface area (Å²) in [6, 6.07) is 7.03. The van der Waals surface area contributed by atoms with Crippen molar-refractivity contribution >= 4 is 11.7 Å². The number of morpholine rings is 1. The summed E-state index contributed by atoms with van der Waals surface area (Å²) in [6.45, 7) is 2.45. The van der Waals surface area contributed by atoms with E-state index in [-0.39, 0.29) is 12.6 Å². The van der Waals surface area contributed by atoms with E-state index in [0.29, 0.717) is 26.3 Å². The van der Waals surface area contributed by atoms with Gasteiger partial charge in [0, 0.05) is 18.8 Å². The van der Waals surface area contributed by atoms with Gasteiger partial charge in [-0.1, -0.05) is 12.1 Å². The zero-order chi connectivity index (χ0) is 12.1. The summed E-state index contributed by atoms with van der Waals surface area (Å²) in [7, 11) is 0. The second-order valence-electron chi connectivity index (χ2n) is 3.88. The van der Waals surface area contributed by atoms with Crippen molar-refractivity contribution in [1.82, 2.24) is 4.90 Å². The number of amides is 2. The molecule has 1 heterocycles. The molecule has 0 radical (unpaired) electrons. The van der Waals surface area contributed by atoms with E-state index in [2.05, 4.69) is 5.32 Å². The van der Waals surface area contributed by atoms with Crippen molar-refractivity contribution in [3.8, 4) is 0 Å². The predicted octanol–water partition coefficient (Wildman–Crippen LogP) is 1.04. The van der Waals surface area contributed by atoms with Gasteiger partial charge in [-0.15, -0.1) is 0 Å². The third kappa shape index (κ3) is 3.18. The van der Waals surface area contributed by atoms with E-state index < -0.39 is 0 Å². The molecule has 1 aromatic carbocycles. The van der Waals surface area contributed by atoms with Gasteiger partial charge in [-0.2, -0.15) is 0 Å². The van der Waals surface area contributed by atoms with Gasteiger partial charge in [0.15, 0.2) is 0 Å². The van der Waals surface area contributed by atoms with E-state index in [1.54, 1.807) is 29.2 Å². The quantitative estimate of drug-likeness (QED) is 0.806. The van der Waals surface area contributed by atoms with Crippen LogP contribution in [0.1, 0.15) is 5.56 Å². The fraction of sp³-hybridized carbons (Fsp3) is 0.417. The monoisotopic (exact) mass is 236 g/mol. The van der Waals surface area contributed by atoms with Crippen LogP contribution in [-0.2, 0) is 11.3 Å². The van der Waals surface area contributed by atoms with Crippen LogP contribution in [-0.4, -0.2) is 42.3 Å². The van der Waals surface area contributed by atoms with Gasteiger partial charge < -0.3 is 20.1 Å². The Morgan fingerprint density at radius 1 is 1.29 bits per heavy atom. The highest BCUT2D eigenvalue weighted by molar-refractivity contribution is 5.89.